The van der Waals surface area contributed by atoms with Crippen LogP contribution in [0.5, 0.6) is 0 Å². The van der Waals surface area contributed by atoms with Crippen molar-refractivity contribution in [2.45, 2.75) is 13.0 Å². The van der Waals surface area contributed by atoms with E-state index in [9.17, 15) is 18.4 Å². The van der Waals surface area contributed by atoms with Crippen LogP contribution in [-0.2, 0) is 0 Å². The van der Waals surface area contributed by atoms with Gasteiger partial charge in [0.05, 0.1) is 11.6 Å². The third-order valence-corrected chi connectivity index (χ3v) is 3.77. The lowest BCUT2D eigenvalue weighted by Gasteiger charge is -2.16. The van der Waals surface area contributed by atoms with E-state index in [0.29, 0.717) is 10.9 Å². The molecule has 6 heteroatoms. The molecule has 0 saturated heterocycles. The molecule has 0 spiro atoms. The summed E-state index contributed by atoms with van der Waals surface area (Å²) >= 11 is 0. The van der Waals surface area contributed by atoms with Gasteiger partial charge < -0.3 is 10.3 Å². The topological polar surface area (TPSA) is 62.0 Å². The molecule has 0 aliphatic carbocycles. The maximum atomic E-state index is 13.8. The van der Waals surface area contributed by atoms with Crippen LogP contribution in [0.4, 0.5) is 8.78 Å². The number of carbonyl (C=O) groups excluding carboxylic acids is 1. The number of benzene rings is 2. The number of H-pyrrole nitrogens is 1. The van der Waals surface area contributed by atoms with Crippen LogP contribution in [0.1, 0.15) is 28.9 Å². The van der Waals surface area contributed by atoms with Gasteiger partial charge in [-0.15, -0.1) is 0 Å². The highest BCUT2D eigenvalue weighted by molar-refractivity contribution is 6.06. The minimum Gasteiger partial charge on any atom is -0.345 e. The predicted molar refractivity (Wildman–Crippen MR) is 86.8 cm³/mol. The molecule has 0 saturated carbocycles. The summed E-state index contributed by atoms with van der Waals surface area (Å²) in [7, 11) is 0. The van der Waals surface area contributed by atoms with E-state index in [0.717, 1.165) is 12.1 Å². The second kappa shape index (κ2) is 6.23. The Balaban J connectivity index is 1.94. The lowest BCUT2D eigenvalue weighted by Crippen LogP contribution is -2.28. The number of fused-ring (bicyclic) bond motifs is 1. The van der Waals surface area contributed by atoms with Crippen molar-refractivity contribution in [1.82, 2.24) is 10.3 Å². The molecule has 0 fully saturated rings. The Morgan fingerprint density at radius 1 is 1.12 bits per heavy atom. The predicted octanol–water partition coefficient (Wildman–Crippen LogP) is 3.30. The van der Waals surface area contributed by atoms with Crippen LogP contribution in [0.3, 0.4) is 0 Å². The summed E-state index contributed by atoms with van der Waals surface area (Å²) < 4.78 is 26.8. The summed E-state index contributed by atoms with van der Waals surface area (Å²) in [4.78, 5) is 26.9. The highest BCUT2D eigenvalue weighted by atomic mass is 19.1. The molecule has 3 rings (SSSR count). The van der Waals surface area contributed by atoms with Crippen LogP contribution in [0.25, 0.3) is 10.9 Å². The fourth-order valence-corrected chi connectivity index (χ4v) is 2.60. The molecule has 1 atom stereocenters. The summed E-state index contributed by atoms with van der Waals surface area (Å²) in [6, 6.07) is 10.6. The number of hydrogen-bond donors (Lipinski definition) is 2. The molecule has 3 aromatic rings. The van der Waals surface area contributed by atoms with Gasteiger partial charge in [-0.3, -0.25) is 9.59 Å². The van der Waals surface area contributed by atoms with Crippen molar-refractivity contribution < 1.29 is 13.6 Å². The maximum Gasteiger partial charge on any atom is 0.252 e. The Kier molecular flexibility index (Phi) is 4.12. The second-order valence-corrected chi connectivity index (χ2v) is 5.45. The number of aromatic nitrogens is 1. The number of hydrogen-bond acceptors (Lipinski definition) is 2. The first-order valence-electron chi connectivity index (χ1n) is 7.33. The summed E-state index contributed by atoms with van der Waals surface area (Å²) in [5, 5.41) is 3.22. The molecule has 122 valence electrons. The molecule has 0 radical (unpaired) electrons. The van der Waals surface area contributed by atoms with Gasteiger partial charge >= 0.3 is 0 Å². The number of para-hydroxylation sites is 1. The molecular formula is C18H14F2N2O2. The van der Waals surface area contributed by atoms with Crippen molar-refractivity contribution in [3.63, 3.8) is 0 Å². The highest BCUT2D eigenvalue weighted by Gasteiger charge is 2.17. The molecular weight excluding hydrogens is 314 g/mol. The van der Waals surface area contributed by atoms with Crippen LogP contribution in [0.2, 0.25) is 0 Å². The van der Waals surface area contributed by atoms with Crippen LogP contribution >= 0.6 is 0 Å². The Morgan fingerprint density at radius 3 is 2.62 bits per heavy atom. The van der Waals surface area contributed by atoms with Gasteiger partial charge in [-0.1, -0.05) is 24.3 Å². The second-order valence-electron chi connectivity index (χ2n) is 5.45. The van der Waals surface area contributed by atoms with Gasteiger partial charge in [-0.2, -0.15) is 0 Å². The van der Waals surface area contributed by atoms with E-state index in [2.05, 4.69) is 10.3 Å². The summed E-state index contributed by atoms with van der Waals surface area (Å²) in [5.41, 5.74) is 0.498. The third-order valence-electron chi connectivity index (χ3n) is 3.77. The normalized spacial score (nSPS) is 12.1. The molecule has 1 heterocycles. The number of carbonyl (C=O) groups is 1. The molecule has 2 N–H and O–H groups in total. The van der Waals surface area contributed by atoms with Gasteiger partial charge in [0.25, 0.3) is 5.91 Å². The number of pyridine rings is 1. The summed E-state index contributed by atoms with van der Waals surface area (Å²) in [5.74, 6) is -1.93. The minimum atomic E-state index is -0.737. The molecule has 0 aliphatic heterocycles. The lowest BCUT2D eigenvalue weighted by atomic mass is 10.1. The van der Waals surface area contributed by atoms with Crippen LogP contribution in [0.15, 0.2) is 53.3 Å². The summed E-state index contributed by atoms with van der Waals surface area (Å²) in [6.45, 7) is 1.59. The zero-order chi connectivity index (χ0) is 17.3. The van der Waals surface area contributed by atoms with Crippen molar-refractivity contribution in [2.24, 2.45) is 0 Å². The van der Waals surface area contributed by atoms with Gasteiger partial charge in [0, 0.05) is 28.6 Å². The van der Waals surface area contributed by atoms with Gasteiger partial charge in [0.15, 0.2) is 0 Å². The molecule has 0 unspecified atom stereocenters. The van der Waals surface area contributed by atoms with E-state index in [-0.39, 0.29) is 11.1 Å². The fraction of sp³-hybridized carbons (Fsp3) is 0.111. The Labute approximate surface area is 136 Å². The number of rotatable bonds is 3. The standard InChI is InChI=1S/C18H14F2N2O2/c1-10(12-7-6-11(19)8-15(12)20)21-18(24)14-9-17(23)22-16-5-3-2-4-13(14)16/h2-10H,1H3,(H,21,24)(H,22,23)/t10-/m0/s1. The smallest absolute Gasteiger partial charge is 0.252 e. The molecule has 0 bridgehead atoms. The van der Waals surface area contributed by atoms with Crippen LogP contribution < -0.4 is 10.9 Å². The quantitative estimate of drug-likeness (QED) is 0.775. The van der Waals surface area contributed by atoms with Gasteiger partial charge in [0.1, 0.15) is 11.6 Å². The maximum absolute atomic E-state index is 13.8. The van der Waals surface area contributed by atoms with Crippen molar-refractivity contribution in [2.75, 3.05) is 0 Å². The van der Waals surface area contributed by atoms with E-state index < -0.39 is 29.1 Å². The van der Waals surface area contributed by atoms with Crippen molar-refractivity contribution in [1.29, 1.82) is 0 Å². The van der Waals surface area contributed by atoms with E-state index >= 15 is 0 Å². The van der Waals surface area contributed by atoms with E-state index in [1.54, 1.807) is 31.2 Å². The molecule has 2 aromatic carbocycles. The van der Waals surface area contributed by atoms with Crippen molar-refractivity contribution in [3.8, 4) is 0 Å². The first-order chi connectivity index (χ1) is 11.5. The van der Waals surface area contributed by atoms with Gasteiger partial charge in [-0.25, -0.2) is 8.78 Å². The van der Waals surface area contributed by atoms with Gasteiger partial charge in [0.2, 0.25) is 5.56 Å². The first kappa shape index (κ1) is 15.9. The molecule has 1 aromatic heterocycles. The number of amides is 1. The van der Waals surface area contributed by atoms with E-state index in [1.165, 1.54) is 12.1 Å². The average Bonchev–Trinajstić information content (AvgIpc) is 2.53. The summed E-state index contributed by atoms with van der Waals surface area (Å²) in [6.07, 6.45) is 0. The Hall–Kier alpha value is -3.02. The molecule has 4 nitrogen and oxygen atoms in total. The molecule has 1 amide bonds. The zero-order valence-electron chi connectivity index (χ0n) is 12.8. The Morgan fingerprint density at radius 2 is 1.88 bits per heavy atom. The fourth-order valence-electron chi connectivity index (χ4n) is 2.60. The van der Waals surface area contributed by atoms with Crippen molar-refractivity contribution in [3.05, 3.63) is 81.6 Å². The van der Waals surface area contributed by atoms with Gasteiger partial charge in [-0.05, 0) is 19.1 Å². The molecule has 24 heavy (non-hydrogen) atoms. The highest BCUT2D eigenvalue weighted by Crippen LogP contribution is 2.20. The van der Waals surface area contributed by atoms with Crippen LogP contribution in [0, 0.1) is 11.6 Å². The van der Waals surface area contributed by atoms with Crippen LogP contribution in [-0.4, -0.2) is 10.9 Å². The average molecular weight is 328 g/mol. The van der Waals surface area contributed by atoms with E-state index in [4.69, 9.17) is 0 Å². The zero-order valence-corrected chi connectivity index (χ0v) is 12.8. The third kappa shape index (κ3) is 3.03. The Bertz CT molecular complexity index is 982. The number of aromatic amines is 1. The first-order valence-corrected chi connectivity index (χ1v) is 7.33. The monoisotopic (exact) mass is 328 g/mol. The lowest BCUT2D eigenvalue weighted by molar-refractivity contribution is 0.0941. The van der Waals surface area contributed by atoms with Crippen molar-refractivity contribution >= 4 is 16.8 Å². The minimum absolute atomic E-state index is 0.166. The molecule has 0 aliphatic rings. The number of halogens is 2. The number of nitrogens with one attached hydrogen (secondary N) is 2. The SMILES string of the molecule is C[C@H](NC(=O)c1cc(=O)[nH]c2ccccc12)c1ccc(F)cc1F. The van der Waals surface area contributed by atoms with E-state index in [1.807, 2.05) is 0 Å². The largest absolute Gasteiger partial charge is 0.345 e.